The van der Waals surface area contributed by atoms with Crippen LogP contribution < -0.4 is 5.32 Å². The zero-order valence-electron chi connectivity index (χ0n) is 15.2. The van der Waals surface area contributed by atoms with Gasteiger partial charge in [0.1, 0.15) is 5.82 Å². The molecule has 0 spiro atoms. The molecule has 0 saturated carbocycles. The van der Waals surface area contributed by atoms with Crippen molar-refractivity contribution in [3.05, 3.63) is 71.3 Å². The Morgan fingerprint density at radius 2 is 1.90 bits per heavy atom. The molecule has 2 aromatic carbocycles. The molecule has 1 N–H and O–H groups in total. The number of rotatable bonds is 6. The summed E-state index contributed by atoms with van der Waals surface area (Å²) in [4.78, 5) is 13.3. The quantitative estimate of drug-likeness (QED) is 0.365. The van der Waals surface area contributed by atoms with Gasteiger partial charge in [0, 0.05) is 17.2 Å². The summed E-state index contributed by atoms with van der Waals surface area (Å²) in [5.74, 6) is -1.26. The van der Waals surface area contributed by atoms with Crippen LogP contribution in [0.5, 0.6) is 0 Å². The number of aromatic nitrogens is 3. The van der Waals surface area contributed by atoms with Crippen LogP contribution in [-0.2, 0) is 6.18 Å². The fourth-order valence-corrected chi connectivity index (χ4v) is 3.30. The third-order valence-electron chi connectivity index (χ3n) is 3.88. The van der Waals surface area contributed by atoms with E-state index < -0.39 is 29.3 Å². The average Bonchev–Trinajstić information content (AvgIpc) is 3.12. The summed E-state index contributed by atoms with van der Waals surface area (Å²) in [5, 5.41) is 9.22. The number of alkyl halides is 3. The average molecular weight is 424 g/mol. The van der Waals surface area contributed by atoms with Crippen LogP contribution in [0, 0.1) is 12.7 Å². The minimum Gasteiger partial charge on any atom is -0.350 e. The van der Waals surface area contributed by atoms with Crippen LogP contribution in [0.25, 0.3) is 5.69 Å². The van der Waals surface area contributed by atoms with Crippen molar-refractivity contribution in [1.82, 2.24) is 20.3 Å². The van der Waals surface area contributed by atoms with Gasteiger partial charge < -0.3 is 5.32 Å². The molecule has 0 aliphatic heterocycles. The predicted molar refractivity (Wildman–Crippen MR) is 101 cm³/mol. The number of aryl methyl sites for hydroxylation is 1. The van der Waals surface area contributed by atoms with Crippen molar-refractivity contribution >= 4 is 17.7 Å². The summed E-state index contributed by atoms with van der Waals surface area (Å²) in [6.45, 7) is 2.10. The van der Waals surface area contributed by atoms with Crippen molar-refractivity contribution < 1.29 is 22.4 Å². The van der Waals surface area contributed by atoms with Crippen molar-refractivity contribution in [1.29, 1.82) is 0 Å². The van der Waals surface area contributed by atoms with Crippen molar-refractivity contribution in [2.75, 3.05) is 12.3 Å². The van der Waals surface area contributed by atoms with E-state index in [4.69, 9.17) is 0 Å². The molecule has 152 valence electrons. The van der Waals surface area contributed by atoms with Gasteiger partial charge in [-0.1, -0.05) is 29.0 Å². The number of hydrogen-bond donors (Lipinski definition) is 1. The van der Waals surface area contributed by atoms with Crippen molar-refractivity contribution in [2.24, 2.45) is 0 Å². The predicted octanol–water partition coefficient (Wildman–Crippen LogP) is 4.26. The first-order valence-corrected chi connectivity index (χ1v) is 9.51. The number of carbonyl (C=O) groups excluding carboxylic acids is 1. The number of benzene rings is 2. The van der Waals surface area contributed by atoms with E-state index in [-0.39, 0.29) is 12.2 Å². The topological polar surface area (TPSA) is 59.8 Å². The highest BCUT2D eigenvalue weighted by Gasteiger charge is 2.42. The number of hydrogen-bond acceptors (Lipinski definition) is 4. The SMILES string of the molecule is Cc1ccc(SCCNC(=O)c2nnn(-c3cccc(F)c3)c2C(F)(F)F)cc1. The lowest BCUT2D eigenvalue weighted by Crippen LogP contribution is -2.29. The number of thioether (sulfide) groups is 1. The third-order valence-corrected chi connectivity index (χ3v) is 4.90. The van der Waals surface area contributed by atoms with Gasteiger partial charge in [-0.05, 0) is 37.3 Å². The maximum Gasteiger partial charge on any atom is 0.435 e. The van der Waals surface area contributed by atoms with Crippen LogP contribution >= 0.6 is 11.8 Å². The summed E-state index contributed by atoms with van der Waals surface area (Å²) in [7, 11) is 0. The lowest BCUT2D eigenvalue weighted by molar-refractivity contribution is -0.143. The molecule has 0 aliphatic carbocycles. The van der Waals surface area contributed by atoms with Crippen LogP contribution in [0.2, 0.25) is 0 Å². The van der Waals surface area contributed by atoms with Gasteiger partial charge in [-0.3, -0.25) is 4.79 Å². The summed E-state index contributed by atoms with van der Waals surface area (Å²) in [5.41, 5.74) is -1.28. The summed E-state index contributed by atoms with van der Waals surface area (Å²) in [6.07, 6.45) is -4.90. The van der Waals surface area contributed by atoms with E-state index >= 15 is 0 Å². The zero-order chi connectivity index (χ0) is 21.0. The van der Waals surface area contributed by atoms with Crippen molar-refractivity contribution in [3.63, 3.8) is 0 Å². The highest BCUT2D eigenvalue weighted by Crippen LogP contribution is 2.32. The molecule has 0 fully saturated rings. The molecule has 3 rings (SSSR count). The molecular formula is C19H16F4N4OS. The first-order chi connectivity index (χ1) is 13.8. The Hall–Kier alpha value is -2.88. The lowest BCUT2D eigenvalue weighted by atomic mass is 10.2. The third kappa shape index (κ3) is 5.14. The molecule has 0 unspecified atom stereocenters. The van der Waals surface area contributed by atoms with Gasteiger partial charge in [0.2, 0.25) is 0 Å². The van der Waals surface area contributed by atoms with Gasteiger partial charge in [-0.15, -0.1) is 16.9 Å². The largest absolute Gasteiger partial charge is 0.435 e. The second-order valence-corrected chi connectivity index (χ2v) is 7.26. The maximum atomic E-state index is 13.6. The highest BCUT2D eigenvalue weighted by molar-refractivity contribution is 7.99. The maximum absolute atomic E-state index is 13.6. The molecule has 5 nitrogen and oxygen atoms in total. The first-order valence-electron chi connectivity index (χ1n) is 8.52. The van der Waals surface area contributed by atoms with E-state index in [1.807, 2.05) is 31.2 Å². The second kappa shape index (κ2) is 8.64. The molecule has 3 aromatic rings. The normalized spacial score (nSPS) is 11.5. The fraction of sp³-hybridized carbons (Fsp3) is 0.211. The summed E-state index contributed by atoms with van der Waals surface area (Å²) in [6, 6.07) is 12.2. The Balaban J connectivity index is 1.72. The molecule has 10 heteroatoms. The number of halogens is 4. The van der Waals surface area contributed by atoms with Gasteiger partial charge in [0.05, 0.1) is 5.69 Å². The van der Waals surface area contributed by atoms with Crippen molar-refractivity contribution in [3.8, 4) is 5.69 Å². The molecule has 0 atom stereocenters. The number of carbonyl (C=O) groups is 1. The summed E-state index contributed by atoms with van der Waals surface area (Å²) < 4.78 is 54.5. The van der Waals surface area contributed by atoms with E-state index in [2.05, 4.69) is 15.6 Å². The van der Waals surface area contributed by atoms with E-state index in [1.165, 1.54) is 23.9 Å². The Kier molecular flexibility index (Phi) is 6.21. The van der Waals surface area contributed by atoms with E-state index in [9.17, 15) is 22.4 Å². The minimum absolute atomic E-state index is 0.140. The van der Waals surface area contributed by atoms with Crippen LogP contribution in [0.15, 0.2) is 53.4 Å². The number of amides is 1. The Morgan fingerprint density at radius 1 is 1.17 bits per heavy atom. The molecule has 0 aliphatic rings. The van der Waals surface area contributed by atoms with Gasteiger partial charge in [0.25, 0.3) is 5.91 Å². The number of nitrogens with one attached hydrogen (secondary N) is 1. The van der Waals surface area contributed by atoms with E-state index in [0.717, 1.165) is 22.6 Å². The molecule has 0 saturated heterocycles. The van der Waals surface area contributed by atoms with Crippen LogP contribution in [-0.4, -0.2) is 33.2 Å². The smallest absolute Gasteiger partial charge is 0.350 e. The molecule has 29 heavy (non-hydrogen) atoms. The van der Waals surface area contributed by atoms with E-state index in [0.29, 0.717) is 10.4 Å². The van der Waals surface area contributed by atoms with E-state index in [1.54, 1.807) is 0 Å². The second-order valence-electron chi connectivity index (χ2n) is 6.09. The van der Waals surface area contributed by atoms with Crippen LogP contribution in [0.3, 0.4) is 0 Å². The van der Waals surface area contributed by atoms with Gasteiger partial charge in [-0.2, -0.15) is 13.2 Å². The molecule has 1 heterocycles. The zero-order valence-corrected chi connectivity index (χ0v) is 16.0. The fourth-order valence-electron chi connectivity index (χ4n) is 2.53. The van der Waals surface area contributed by atoms with Gasteiger partial charge in [0.15, 0.2) is 11.4 Å². The van der Waals surface area contributed by atoms with Crippen LogP contribution in [0.4, 0.5) is 17.6 Å². The lowest BCUT2D eigenvalue weighted by Gasteiger charge is -2.11. The Morgan fingerprint density at radius 3 is 2.55 bits per heavy atom. The highest BCUT2D eigenvalue weighted by atomic mass is 32.2. The first kappa shape index (κ1) is 20.8. The standard InChI is InChI=1S/C19H16F4N4OS/c1-12-5-7-15(8-6-12)29-10-9-24-18(28)16-17(19(21,22)23)27(26-25-16)14-4-2-3-13(20)11-14/h2-8,11H,9-10H2,1H3,(H,24,28). The van der Waals surface area contributed by atoms with Crippen LogP contribution in [0.1, 0.15) is 21.7 Å². The minimum atomic E-state index is -4.90. The Labute approximate surface area is 168 Å². The summed E-state index contributed by atoms with van der Waals surface area (Å²) >= 11 is 1.46. The molecule has 0 bridgehead atoms. The molecule has 1 amide bonds. The molecule has 1 aromatic heterocycles. The van der Waals surface area contributed by atoms with Gasteiger partial charge >= 0.3 is 6.18 Å². The van der Waals surface area contributed by atoms with Crippen molar-refractivity contribution in [2.45, 2.75) is 18.0 Å². The number of nitrogens with zero attached hydrogens (tertiary/aromatic N) is 3. The monoisotopic (exact) mass is 424 g/mol. The Bertz CT molecular complexity index is 1000. The molecule has 0 radical (unpaired) electrons. The van der Waals surface area contributed by atoms with Gasteiger partial charge in [-0.25, -0.2) is 9.07 Å². The molecular weight excluding hydrogens is 408 g/mol.